The molecule has 0 aliphatic carbocycles. The zero-order chi connectivity index (χ0) is 18.1. The maximum absolute atomic E-state index is 11.9. The summed E-state index contributed by atoms with van der Waals surface area (Å²) in [7, 11) is 0. The van der Waals surface area contributed by atoms with Crippen LogP contribution in [-0.4, -0.2) is 31.6 Å². The van der Waals surface area contributed by atoms with Gasteiger partial charge in [-0.25, -0.2) is 0 Å². The molecule has 0 heterocycles. The summed E-state index contributed by atoms with van der Waals surface area (Å²) in [4.78, 5) is 23.5. The van der Waals surface area contributed by atoms with Crippen LogP contribution in [0.5, 0.6) is 5.75 Å². The SMILES string of the molecule is Cc1ccccc1OCCOC(=O)CCNC(=O)c1ccc(Cl)cc1. The van der Waals surface area contributed by atoms with Crippen molar-refractivity contribution in [2.45, 2.75) is 13.3 Å². The number of halogens is 1. The largest absolute Gasteiger partial charge is 0.490 e. The number of carbonyl (C=O) groups excluding carboxylic acids is 2. The van der Waals surface area contributed by atoms with Crippen LogP contribution in [0.3, 0.4) is 0 Å². The van der Waals surface area contributed by atoms with Gasteiger partial charge in [-0.2, -0.15) is 0 Å². The Hall–Kier alpha value is -2.53. The van der Waals surface area contributed by atoms with E-state index in [1.807, 2.05) is 31.2 Å². The number of nitrogens with one attached hydrogen (secondary N) is 1. The van der Waals surface area contributed by atoms with Crippen molar-refractivity contribution in [1.29, 1.82) is 0 Å². The smallest absolute Gasteiger partial charge is 0.307 e. The van der Waals surface area contributed by atoms with Crippen molar-refractivity contribution >= 4 is 23.5 Å². The molecule has 0 aromatic heterocycles. The predicted octanol–water partition coefficient (Wildman–Crippen LogP) is 3.39. The van der Waals surface area contributed by atoms with Crippen molar-refractivity contribution in [3.8, 4) is 5.75 Å². The molecule has 0 saturated heterocycles. The summed E-state index contributed by atoms with van der Waals surface area (Å²) in [5.41, 5.74) is 1.52. The molecule has 132 valence electrons. The van der Waals surface area contributed by atoms with Gasteiger partial charge >= 0.3 is 5.97 Å². The monoisotopic (exact) mass is 361 g/mol. The van der Waals surface area contributed by atoms with E-state index < -0.39 is 0 Å². The van der Waals surface area contributed by atoms with Crippen molar-refractivity contribution in [2.75, 3.05) is 19.8 Å². The highest BCUT2D eigenvalue weighted by molar-refractivity contribution is 6.30. The first-order chi connectivity index (χ1) is 12.1. The zero-order valence-corrected chi connectivity index (χ0v) is 14.7. The van der Waals surface area contributed by atoms with Crippen molar-refractivity contribution in [2.24, 2.45) is 0 Å². The fourth-order valence-electron chi connectivity index (χ4n) is 2.08. The van der Waals surface area contributed by atoms with E-state index in [1.54, 1.807) is 24.3 Å². The van der Waals surface area contributed by atoms with Gasteiger partial charge < -0.3 is 14.8 Å². The molecule has 1 N–H and O–H groups in total. The van der Waals surface area contributed by atoms with Crippen LogP contribution in [0.15, 0.2) is 48.5 Å². The molecule has 0 fully saturated rings. The summed E-state index contributed by atoms with van der Waals surface area (Å²) in [6, 6.07) is 14.2. The normalized spacial score (nSPS) is 10.2. The highest BCUT2D eigenvalue weighted by Crippen LogP contribution is 2.15. The molecule has 2 aromatic carbocycles. The molecular formula is C19H20ClNO4. The van der Waals surface area contributed by atoms with Crippen molar-refractivity contribution in [3.05, 3.63) is 64.7 Å². The van der Waals surface area contributed by atoms with Crippen LogP contribution in [0.2, 0.25) is 5.02 Å². The molecule has 0 spiro atoms. The quantitative estimate of drug-likeness (QED) is 0.578. The Labute approximate surface area is 151 Å². The highest BCUT2D eigenvalue weighted by atomic mass is 35.5. The average Bonchev–Trinajstić information content (AvgIpc) is 2.60. The molecule has 6 heteroatoms. The molecule has 0 aliphatic heterocycles. The molecule has 5 nitrogen and oxygen atoms in total. The average molecular weight is 362 g/mol. The molecule has 0 saturated carbocycles. The fourth-order valence-corrected chi connectivity index (χ4v) is 2.21. The van der Waals surface area contributed by atoms with Gasteiger partial charge in [0, 0.05) is 17.1 Å². The molecule has 1 amide bonds. The van der Waals surface area contributed by atoms with Crippen LogP contribution in [0.25, 0.3) is 0 Å². The molecule has 0 unspecified atom stereocenters. The number of hydrogen-bond acceptors (Lipinski definition) is 4. The standard InChI is InChI=1S/C19H20ClNO4/c1-14-4-2-3-5-17(14)24-12-13-25-18(22)10-11-21-19(23)15-6-8-16(20)9-7-15/h2-9H,10-13H2,1H3,(H,21,23). The second-order valence-corrected chi connectivity index (χ2v) is 5.78. The number of ether oxygens (including phenoxy) is 2. The molecule has 0 bridgehead atoms. The maximum Gasteiger partial charge on any atom is 0.307 e. The Morgan fingerprint density at radius 3 is 2.48 bits per heavy atom. The van der Waals surface area contributed by atoms with Crippen LogP contribution in [0.4, 0.5) is 0 Å². The number of amides is 1. The van der Waals surface area contributed by atoms with E-state index in [2.05, 4.69) is 5.32 Å². The first-order valence-corrected chi connectivity index (χ1v) is 8.32. The number of para-hydroxylation sites is 1. The lowest BCUT2D eigenvalue weighted by atomic mass is 10.2. The Morgan fingerprint density at radius 1 is 1.04 bits per heavy atom. The second kappa shape index (κ2) is 9.69. The Balaban J connectivity index is 1.60. The second-order valence-electron chi connectivity index (χ2n) is 5.35. The number of aryl methyl sites for hydroxylation is 1. The van der Waals surface area contributed by atoms with E-state index in [1.165, 1.54) is 0 Å². The molecule has 2 rings (SSSR count). The number of benzene rings is 2. The van der Waals surface area contributed by atoms with Gasteiger partial charge in [-0.15, -0.1) is 0 Å². The molecule has 2 aromatic rings. The lowest BCUT2D eigenvalue weighted by Crippen LogP contribution is -2.26. The minimum Gasteiger partial charge on any atom is -0.490 e. The summed E-state index contributed by atoms with van der Waals surface area (Å²) >= 11 is 5.77. The Kier molecular flexibility index (Phi) is 7.29. The topological polar surface area (TPSA) is 64.6 Å². The number of rotatable bonds is 8. The summed E-state index contributed by atoms with van der Waals surface area (Å²) in [6.45, 7) is 2.61. The number of carbonyl (C=O) groups is 2. The minimum absolute atomic E-state index is 0.101. The van der Waals surface area contributed by atoms with Crippen molar-refractivity contribution in [1.82, 2.24) is 5.32 Å². The van der Waals surface area contributed by atoms with Crippen LogP contribution in [0, 0.1) is 6.92 Å². The number of esters is 1. The maximum atomic E-state index is 11.9. The van der Waals surface area contributed by atoms with Crippen molar-refractivity contribution in [3.63, 3.8) is 0 Å². The Bertz CT molecular complexity index is 716. The lowest BCUT2D eigenvalue weighted by Gasteiger charge is -2.09. The van der Waals surface area contributed by atoms with Crippen molar-refractivity contribution < 1.29 is 19.1 Å². The van der Waals surface area contributed by atoms with E-state index in [0.717, 1.165) is 11.3 Å². The van der Waals surface area contributed by atoms with Gasteiger partial charge in [-0.05, 0) is 42.8 Å². The van der Waals surface area contributed by atoms with Crippen LogP contribution in [0.1, 0.15) is 22.3 Å². The van der Waals surface area contributed by atoms with Gasteiger partial charge in [0.25, 0.3) is 5.91 Å². The third kappa shape index (κ3) is 6.47. The first kappa shape index (κ1) is 18.8. The van der Waals surface area contributed by atoms with E-state index >= 15 is 0 Å². The number of hydrogen-bond donors (Lipinski definition) is 1. The molecule has 0 aliphatic rings. The summed E-state index contributed by atoms with van der Waals surface area (Å²) < 4.78 is 10.6. The lowest BCUT2D eigenvalue weighted by molar-refractivity contribution is -0.144. The highest BCUT2D eigenvalue weighted by Gasteiger charge is 2.07. The van der Waals surface area contributed by atoms with Gasteiger partial charge in [0.15, 0.2) is 0 Å². The predicted molar refractivity (Wildman–Crippen MR) is 96.0 cm³/mol. The van der Waals surface area contributed by atoms with Crippen LogP contribution >= 0.6 is 11.6 Å². The third-order valence-electron chi connectivity index (χ3n) is 3.42. The van der Waals surface area contributed by atoms with Gasteiger partial charge in [-0.1, -0.05) is 29.8 Å². The first-order valence-electron chi connectivity index (χ1n) is 7.94. The van der Waals surface area contributed by atoms with Gasteiger partial charge in [-0.3, -0.25) is 9.59 Å². The molecule has 25 heavy (non-hydrogen) atoms. The van der Waals surface area contributed by atoms with Gasteiger partial charge in [0.05, 0.1) is 6.42 Å². The van der Waals surface area contributed by atoms with E-state index in [4.69, 9.17) is 21.1 Å². The van der Waals surface area contributed by atoms with E-state index in [0.29, 0.717) is 10.6 Å². The molecular weight excluding hydrogens is 342 g/mol. The van der Waals surface area contributed by atoms with Gasteiger partial charge in [0.2, 0.25) is 0 Å². The van der Waals surface area contributed by atoms with E-state index in [-0.39, 0.29) is 38.1 Å². The summed E-state index contributed by atoms with van der Waals surface area (Å²) in [5, 5.41) is 3.22. The summed E-state index contributed by atoms with van der Waals surface area (Å²) in [6.07, 6.45) is 0.101. The van der Waals surface area contributed by atoms with Crippen LogP contribution in [-0.2, 0) is 9.53 Å². The minimum atomic E-state index is -0.384. The Morgan fingerprint density at radius 2 is 1.76 bits per heavy atom. The molecule has 0 radical (unpaired) electrons. The summed E-state index contributed by atoms with van der Waals surface area (Å²) in [5.74, 6) is 0.130. The van der Waals surface area contributed by atoms with Gasteiger partial charge in [0.1, 0.15) is 19.0 Å². The molecule has 0 atom stereocenters. The van der Waals surface area contributed by atoms with E-state index in [9.17, 15) is 9.59 Å². The third-order valence-corrected chi connectivity index (χ3v) is 3.67. The zero-order valence-electron chi connectivity index (χ0n) is 14.0. The van der Waals surface area contributed by atoms with Crippen LogP contribution < -0.4 is 10.1 Å². The fraction of sp³-hybridized carbons (Fsp3) is 0.263.